The lowest BCUT2D eigenvalue weighted by Gasteiger charge is -2.39. The molecule has 1 spiro atoms. The molecule has 2 aromatic rings. The average molecular weight is 425 g/mol. The summed E-state index contributed by atoms with van der Waals surface area (Å²) in [6, 6.07) is 14.9. The number of piperidine rings is 1. The SMILES string of the molecule is CCOc1cc(CN2CCC3(CC[C@@H](CNC(=O)c4ccccc4)O3)CC2)ccc1O. The molecule has 6 nitrogen and oxygen atoms in total. The van der Waals surface area contributed by atoms with E-state index in [0.717, 1.165) is 50.9 Å². The minimum Gasteiger partial charge on any atom is -0.504 e. The van der Waals surface area contributed by atoms with Crippen molar-refractivity contribution in [3.05, 3.63) is 59.7 Å². The van der Waals surface area contributed by atoms with Crippen LogP contribution in [0.1, 0.15) is 48.5 Å². The van der Waals surface area contributed by atoms with Gasteiger partial charge in [-0.25, -0.2) is 0 Å². The Morgan fingerprint density at radius 2 is 1.97 bits per heavy atom. The summed E-state index contributed by atoms with van der Waals surface area (Å²) in [6.45, 7) is 5.81. The van der Waals surface area contributed by atoms with Gasteiger partial charge in [0.05, 0.1) is 18.3 Å². The number of aromatic hydroxyl groups is 1. The van der Waals surface area contributed by atoms with Crippen LogP contribution in [0.4, 0.5) is 0 Å². The lowest BCUT2D eigenvalue weighted by Crippen LogP contribution is -2.44. The molecule has 2 saturated heterocycles. The number of carbonyl (C=O) groups excluding carboxylic acids is 1. The molecule has 31 heavy (non-hydrogen) atoms. The van der Waals surface area contributed by atoms with Gasteiger partial charge in [0.25, 0.3) is 5.91 Å². The van der Waals surface area contributed by atoms with Gasteiger partial charge in [0.1, 0.15) is 0 Å². The molecule has 2 aromatic carbocycles. The molecular formula is C25H32N2O4. The topological polar surface area (TPSA) is 71.0 Å². The van der Waals surface area contributed by atoms with Gasteiger partial charge < -0.3 is 19.9 Å². The van der Waals surface area contributed by atoms with Crippen molar-refractivity contribution in [1.82, 2.24) is 10.2 Å². The molecule has 166 valence electrons. The number of likely N-dealkylation sites (tertiary alicyclic amines) is 1. The first-order valence-electron chi connectivity index (χ1n) is 11.2. The number of hydrogen-bond acceptors (Lipinski definition) is 5. The Hall–Kier alpha value is -2.57. The summed E-state index contributed by atoms with van der Waals surface area (Å²) in [5, 5.41) is 12.9. The van der Waals surface area contributed by atoms with E-state index in [1.165, 1.54) is 0 Å². The maximum atomic E-state index is 12.3. The largest absolute Gasteiger partial charge is 0.504 e. The Morgan fingerprint density at radius 1 is 1.19 bits per heavy atom. The number of phenolic OH excluding ortho intramolecular Hbond substituents is 1. The van der Waals surface area contributed by atoms with E-state index in [9.17, 15) is 9.90 Å². The maximum absolute atomic E-state index is 12.3. The summed E-state index contributed by atoms with van der Waals surface area (Å²) < 4.78 is 12.0. The monoisotopic (exact) mass is 424 g/mol. The molecule has 2 aliphatic heterocycles. The molecule has 0 radical (unpaired) electrons. The van der Waals surface area contributed by atoms with Gasteiger partial charge in [0.15, 0.2) is 11.5 Å². The fourth-order valence-electron chi connectivity index (χ4n) is 4.61. The highest BCUT2D eigenvalue weighted by Gasteiger charge is 2.42. The Morgan fingerprint density at radius 3 is 2.71 bits per heavy atom. The van der Waals surface area contributed by atoms with Crippen LogP contribution in [0.5, 0.6) is 11.5 Å². The highest BCUT2D eigenvalue weighted by molar-refractivity contribution is 5.94. The third-order valence-electron chi connectivity index (χ3n) is 6.36. The van der Waals surface area contributed by atoms with Gasteiger partial charge in [0, 0.05) is 31.7 Å². The van der Waals surface area contributed by atoms with Gasteiger partial charge in [-0.15, -0.1) is 0 Å². The molecule has 0 bridgehead atoms. The molecule has 2 aliphatic rings. The van der Waals surface area contributed by atoms with Crippen molar-refractivity contribution in [2.24, 2.45) is 0 Å². The zero-order valence-corrected chi connectivity index (χ0v) is 18.2. The Labute approximate surface area is 184 Å². The summed E-state index contributed by atoms with van der Waals surface area (Å²) in [6.07, 6.45) is 4.15. The van der Waals surface area contributed by atoms with Crippen LogP contribution in [0, 0.1) is 0 Å². The highest BCUT2D eigenvalue weighted by Crippen LogP contribution is 2.39. The average Bonchev–Trinajstić information content (AvgIpc) is 3.19. The Bertz CT molecular complexity index is 878. The molecule has 2 N–H and O–H groups in total. The zero-order chi connectivity index (χ0) is 21.7. The predicted octanol–water partition coefficient (Wildman–Crippen LogP) is 3.73. The van der Waals surface area contributed by atoms with E-state index in [1.54, 1.807) is 6.07 Å². The van der Waals surface area contributed by atoms with Crippen LogP contribution < -0.4 is 10.1 Å². The normalized spacial score (nSPS) is 20.6. The van der Waals surface area contributed by atoms with E-state index >= 15 is 0 Å². The molecular weight excluding hydrogens is 392 g/mol. The predicted molar refractivity (Wildman–Crippen MR) is 119 cm³/mol. The number of nitrogens with one attached hydrogen (secondary N) is 1. The molecule has 0 aromatic heterocycles. The van der Waals surface area contributed by atoms with Gasteiger partial charge >= 0.3 is 0 Å². The van der Waals surface area contributed by atoms with Crippen molar-refractivity contribution in [1.29, 1.82) is 0 Å². The van der Waals surface area contributed by atoms with Crippen LogP contribution >= 0.6 is 0 Å². The number of carbonyl (C=O) groups is 1. The number of nitrogens with zero attached hydrogens (tertiary/aromatic N) is 1. The summed E-state index contributed by atoms with van der Waals surface area (Å²) in [5.41, 5.74) is 1.78. The van der Waals surface area contributed by atoms with Gasteiger partial charge in [-0.1, -0.05) is 24.3 Å². The van der Waals surface area contributed by atoms with Crippen LogP contribution in [0.15, 0.2) is 48.5 Å². The Balaban J connectivity index is 1.24. The second kappa shape index (κ2) is 9.71. The first-order valence-corrected chi connectivity index (χ1v) is 11.2. The fraction of sp³-hybridized carbons (Fsp3) is 0.480. The van der Waals surface area contributed by atoms with Gasteiger partial charge in [-0.3, -0.25) is 9.69 Å². The number of amides is 1. The molecule has 6 heteroatoms. The van der Waals surface area contributed by atoms with E-state index < -0.39 is 0 Å². The molecule has 0 saturated carbocycles. The van der Waals surface area contributed by atoms with Gasteiger partial charge in [-0.2, -0.15) is 0 Å². The lowest BCUT2D eigenvalue weighted by molar-refractivity contribution is -0.0764. The smallest absolute Gasteiger partial charge is 0.251 e. The molecule has 1 atom stereocenters. The van der Waals surface area contributed by atoms with E-state index in [4.69, 9.17) is 9.47 Å². The van der Waals surface area contributed by atoms with Gasteiger partial charge in [-0.05, 0) is 62.4 Å². The molecule has 0 aliphatic carbocycles. The van der Waals surface area contributed by atoms with Gasteiger partial charge in [0.2, 0.25) is 0 Å². The van der Waals surface area contributed by atoms with Crippen LogP contribution in [-0.2, 0) is 11.3 Å². The first-order chi connectivity index (χ1) is 15.1. The van der Waals surface area contributed by atoms with Crippen molar-refractivity contribution in [3.8, 4) is 11.5 Å². The van der Waals surface area contributed by atoms with E-state index in [2.05, 4.69) is 10.2 Å². The Kier molecular flexibility index (Phi) is 6.78. The van der Waals surface area contributed by atoms with Crippen LogP contribution in [0.2, 0.25) is 0 Å². The summed E-state index contributed by atoms with van der Waals surface area (Å²) in [7, 11) is 0. The fourth-order valence-corrected chi connectivity index (χ4v) is 4.61. The van der Waals surface area contributed by atoms with Crippen LogP contribution in [-0.4, -0.2) is 53.9 Å². The molecule has 0 unspecified atom stereocenters. The molecule has 2 fully saturated rings. The minimum atomic E-state index is -0.0515. The lowest BCUT2D eigenvalue weighted by atomic mass is 9.88. The second-order valence-corrected chi connectivity index (χ2v) is 8.55. The maximum Gasteiger partial charge on any atom is 0.251 e. The first kappa shape index (κ1) is 21.7. The van der Waals surface area contributed by atoms with Crippen molar-refractivity contribution >= 4 is 5.91 Å². The number of phenols is 1. The van der Waals surface area contributed by atoms with Crippen molar-refractivity contribution in [2.45, 2.75) is 50.9 Å². The standard InChI is InChI=1S/C25H32N2O4/c1-2-30-23-16-19(8-9-22(23)28)18-27-14-12-25(13-15-27)11-10-21(31-25)17-26-24(29)20-6-4-3-5-7-20/h3-9,16,21,28H,2,10-15,17-18H2,1H3,(H,26,29)/t21-/m0/s1. The third kappa shape index (κ3) is 5.38. The minimum absolute atomic E-state index is 0.0414. The van der Waals surface area contributed by atoms with E-state index in [-0.39, 0.29) is 23.4 Å². The van der Waals surface area contributed by atoms with Crippen LogP contribution in [0.3, 0.4) is 0 Å². The number of rotatable bonds is 7. The summed E-state index contributed by atoms with van der Waals surface area (Å²) >= 11 is 0. The number of hydrogen-bond donors (Lipinski definition) is 2. The molecule has 2 heterocycles. The van der Waals surface area contributed by atoms with E-state index in [1.807, 2.05) is 49.4 Å². The molecule has 1 amide bonds. The summed E-state index contributed by atoms with van der Waals surface area (Å²) in [4.78, 5) is 14.7. The second-order valence-electron chi connectivity index (χ2n) is 8.55. The third-order valence-corrected chi connectivity index (χ3v) is 6.36. The number of benzene rings is 2. The summed E-state index contributed by atoms with van der Waals surface area (Å²) in [5.74, 6) is 0.696. The zero-order valence-electron chi connectivity index (χ0n) is 18.2. The van der Waals surface area contributed by atoms with Crippen molar-refractivity contribution in [2.75, 3.05) is 26.2 Å². The molecule has 4 rings (SSSR count). The highest BCUT2D eigenvalue weighted by atomic mass is 16.5. The van der Waals surface area contributed by atoms with Crippen LogP contribution in [0.25, 0.3) is 0 Å². The quantitative estimate of drug-likeness (QED) is 0.709. The number of ether oxygens (including phenoxy) is 2. The van der Waals surface area contributed by atoms with Crippen molar-refractivity contribution < 1.29 is 19.4 Å². The van der Waals surface area contributed by atoms with Crippen molar-refractivity contribution in [3.63, 3.8) is 0 Å². The van der Waals surface area contributed by atoms with E-state index in [0.29, 0.717) is 24.5 Å².